The van der Waals surface area contributed by atoms with Gasteiger partial charge in [0.1, 0.15) is 0 Å². The molecule has 1 heterocycles. The first-order valence-corrected chi connectivity index (χ1v) is 8.22. The highest BCUT2D eigenvalue weighted by Crippen LogP contribution is 2.23. The second kappa shape index (κ2) is 7.28. The third-order valence-corrected chi connectivity index (χ3v) is 4.95. The molecule has 21 heavy (non-hydrogen) atoms. The predicted molar refractivity (Wildman–Crippen MR) is 85.0 cm³/mol. The van der Waals surface area contributed by atoms with E-state index >= 15 is 0 Å². The fraction of sp³-hybridized carbons (Fsp3) is 0.200. The standard InChI is InChI=1S/C15H15NO3S2/c1-10(12-7-4-8-20-12)16-14(17)9-21-13-6-3-2-5-11(13)15(18)19/h2-8,10H,9H2,1H3,(H,16,17)(H,18,19)/t10-/m0/s1. The van der Waals surface area contributed by atoms with Gasteiger partial charge in [0, 0.05) is 9.77 Å². The fourth-order valence-electron chi connectivity index (χ4n) is 1.80. The molecular formula is C15H15NO3S2. The Morgan fingerprint density at radius 3 is 2.71 bits per heavy atom. The molecule has 1 aromatic heterocycles. The predicted octanol–water partition coefficient (Wildman–Crippen LogP) is 3.42. The molecule has 0 radical (unpaired) electrons. The van der Waals surface area contributed by atoms with Crippen molar-refractivity contribution in [2.45, 2.75) is 17.9 Å². The number of hydrogen-bond acceptors (Lipinski definition) is 4. The number of hydrogen-bond donors (Lipinski definition) is 2. The first-order chi connectivity index (χ1) is 10.1. The Bertz CT molecular complexity index is 626. The number of carboxylic acids is 1. The van der Waals surface area contributed by atoms with E-state index in [1.807, 2.05) is 24.4 Å². The van der Waals surface area contributed by atoms with E-state index in [0.29, 0.717) is 4.90 Å². The fourth-order valence-corrected chi connectivity index (χ4v) is 3.39. The summed E-state index contributed by atoms with van der Waals surface area (Å²) in [5.41, 5.74) is 0.224. The summed E-state index contributed by atoms with van der Waals surface area (Å²) in [6.07, 6.45) is 0. The van der Waals surface area contributed by atoms with Gasteiger partial charge in [-0.1, -0.05) is 18.2 Å². The van der Waals surface area contributed by atoms with Crippen LogP contribution in [-0.2, 0) is 4.79 Å². The van der Waals surface area contributed by atoms with Gasteiger partial charge in [-0.3, -0.25) is 4.79 Å². The molecule has 0 aliphatic carbocycles. The van der Waals surface area contributed by atoms with Crippen LogP contribution in [0.5, 0.6) is 0 Å². The third kappa shape index (κ3) is 4.34. The van der Waals surface area contributed by atoms with Crippen LogP contribution in [0, 0.1) is 0 Å². The van der Waals surface area contributed by atoms with E-state index in [1.54, 1.807) is 29.5 Å². The summed E-state index contributed by atoms with van der Waals surface area (Å²) in [5, 5.41) is 14.0. The minimum atomic E-state index is -0.981. The number of rotatable bonds is 6. The number of benzene rings is 1. The molecule has 110 valence electrons. The molecule has 0 spiro atoms. The van der Waals surface area contributed by atoms with E-state index in [1.165, 1.54) is 17.8 Å². The Labute approximate surface area is 131 Å². The number of amides is 1. The van der Waals surface area contributed by atoms with E-state index in [4.69, 9.17) is 5.11 Å². The van der Waals surface area contributed by atoms with Crippen LogP contribution < -0.4 is 5.32 Å². The maximum atomic E-state index is 11.9. The van der Waals surface area contributed by atoms with Crippen LogP contribution in [0.15, 0.2) is 46.7 Å². The molecule has 0 saturated carbocycles. The largest absolute Gasteiger partial charge is 0.478 e. The molecule has 0 aliphatic heterocycles. The van der Waals surface area contributed by atoms with Crippen LogP contribution in [0.1, 0.15) is 28.2 Å². The van der Waals surface area contributed by atoms with Crippen molar-refractivity contribution in [2.75, 3.05) is 5.75 Å². The number of carbonyl (C=O) groups is 2. The molecule has 0 bridgehead atoms. The molecule has 0 aliphatic rings. The van der Waals surface area contributed by atoms with Gasteiger partial charge in [-0.25, -0.2) is 4.79 Å². The van der Waals surface area contributed by atoms with E-state index in [-0.39, 0.29) is 23.3 Å². The number of carboxylic acid groups (broad SMARTS) is 1. The highest BCUT2D eigenvalue weighted by molar-refractivity contribution is 8.00. The monoisotopic (exact) mass is 321 g/mol. The molecule has 1 amide bonds. The van der Waals surface area contributed by atoms with Gasteiger partial charge in [-0.05, 0) is 30.5 Å². The number of nitrogens with one attached hydrogen (secondary N) is 1. The van der Waals surface area contributed by atoms with E-state index in [9.17, 15) is 9.59 Å². The van der Waals surface area contributed by atoms with E-state index in [0.717, 1.165) is 4.88 Å². The summed E-state index contributed by atoms with van der Waals surface area (Å²) in [6, 6.07) is 10.6. The van der Waals surface area contributed by atoms with Gasteiger partial charge in [0.05, 0.1) is 17.4 Å². The molecule has 6 heteroatoms. The first kappa shape index (κ1) is 15.6. The average molecular weight is 321 g/mol. The third-order valence-electron chi connectivity index (χ3n) is 2.82. The first-order valence-electron chi connectivity index (χ1n) is 6.36. The van der Waals surface area contributed by atoms with Crippen LogP contribution in [-0.4, -0.2) is 22.7 Å². The Kier molecular flexibility index (Phi) is 5.41. The topological polar surface area (TPSA) is 66.4 Å². The molecule has 2 N–H and O–H groups in total. The van der Waals surface area contributed by atoms with Crippen LogP contribution in [0.4, 0.5) is 0 Å². The molecule has 4 nitrogen and oxygen atoms in total. The second-order valence-electron chi connectivity index (χ2n) is 4.39. The summed E-state index contributed by atoms with van der Waals surface area (Å²) < 4.78 is 0. The van der Waals surface area contributed by atoms with Gasteiger partial charge in [-0.2, -0.15) is 0 Å². The van der Waals surface area contributed by atoms with Crippen molar-refractivity contribution in [1.29, 1.82) is 0 Å². The van der Waals surface area contributed by atoms with Gasteiger partial charge in [0.2, 0.25) is 5.91 Å². The zero-order chi connectivity index (χ0) is 15.2. The molecule has 1 aromatic carbocycles. The van der Waals surface area contributed by atoms with Crippen molar-refractivity contribution in [1.82, 2.24) is 5.32 Å². The summed E-state index contributed by atoms with van der Waals surface area (Å²) in [6.45, 7) is 1.93. The average Bonchev–Trinajstić information content (AvgIpc) is 2.99. The highest BCUT2D eigenvalue weighted by Gasteiger charge is 2.13. The molecule has 2 aromatic rings. The Balaban J connectivity index is 1.91. The van der Waals surface area contributed by atoms with Crippen molar-refractivity contribution in [3.8, 4) is 0 Å². The molecule has 1 atom stereocenters. The lowest BCUT2D eigenvalue weighted by Gasteiger charge is -2.12. The molecular weight excluding hydrogens is 306 g/mol. The maximum Gasteiger partial charge on any atom is 0.336 e. The summed E-state index contributed by atoms with van der Waals surface area (Å²) in [7, 11) is 0. The van der Waals surface area contributed by atoms with E-state index < -0.39 is 5.97 Å². The minimum Gasteiger partial charge on any atom is -0.478 e. The highest BCUT2D eigenvalue weighted by atomic mass is 32.2. The van der Waals surface area contributed by atoms with Crippen molar-refractivity contribution in [3.05, 3.63) is 52.2 Å². The summed E-state index contributed by atoms with van der Waals surface area (Å²) in [4.78, 5) is 24.7. The molecule has 0 saturated heterocycles. The van der Waals surface area contributed by atoms with Gasteiger partial charge in [0.15, 0.2) is 0 Å². The number of aromatic carboxylic acids is 1. The zero-order valence-electron chi connectivity index (χ0n) is 11.4. The summed E-state index contributed by atoms with van der Waals surface area (Å²) in [5.74, 6) is -0.897. The maximum absolute atomic E-state index is 11.9. The SMILES string of the molecule is C[C@H](NC(=O)CSc1ccccc1C(=O)O)c1cccs1. The van der Waals surface area contributed by atoms with Crippen LogP contribution in [0.25, 0.3) is 0 Å². The zero-order valence-corrected chi connectivity index (χ0v) is 13.0. The lowest BCUT2D eigenvalue weighted by Crippen LogP contribution is -2.27. The quantitative estimate of drug-likeness (QED) is 0.800. The Morgan fingerprint density at radius 2 is 2.05 bits per heavy atom. The summed E-state index contributed by atoms with van der Waals surface area (Å²) >= 11 is 2.83. The van der Waals surface area contributed by atoms with Crippen LogP contribution >= 0.6 is 23.1 Å². The normalized spacial score (nSPS) is 11.9. The molecule has 2 rings (SSSR count). The number of thioether (sulfide) groups is 1. The number of carbonyl (C=O) groups excluding carboxylic acids is 1. The lowest BCUT2D eigenvalue weighted by molar-refractivity contribution is -0.119. The minimum absolute atomic E-state index is 0.0344. The van der Waals surface area contributed by atoms with Crippen molar-refractivity contribution < 1.29 is 14.7 Å². The molecule has 0 fully saturated rings. The van der Waals surface area contributed by atoms with Gasteiger partial charge in [0.25, 0.3) is 0 Å². The van der Waals surface area contributed by atoms with Gasteiger partial charge in [-0.15, -0.1) is 23.1 Å². The second-order valence-corrected chi connectivity index (χ2v) is 6.39. The van der Waals surface area contributed by atoms with E-state index in [2.05, 4.69) is 5.32 Å². The van der Waals surface area contributed by atoms with Gasteiger partial charge < -0.3 is 10.4 Å². The van der Waals surface area contributed by atoms with Gasteiger partial charge >= 0.3 is 5.97 Å². The molecule has 0 unspecified atom stereocenters. The van der Waals surface area contributed by atoms with Crippen LogP contribution in [0.3, 0.4) is 0 Å². The Morgan fingerprint density at radius 1 is 1.29 bits per heavy atom. The van der Waals surface area contributed by atoms with Crippen LogP contribution in [0.2, 0.25) is 0 Å². The Hall–Kier alpha value is -1.79. The van der Waals surface area contributed by atoms with Crippen molar-refractivity contribution in [3.63, 3.8) is 0 Å². The number of thiophene rings is 1. The van der Waals surface area contributed by atoms with Crippen molar-refractivity contribution in [2.24, 2.45) is 0 Å². The van der Waals surface area contributed by atoms with Crippen molar-refractivity contribution >= 4 is 35.0 Å². The smallest absolute Gasteiger partial charge is 0.336 e. The lowest BCUT2D eigenvalue weighted by atomic mass is 10.2.